The second kappa shape index (κ2) is 6.22. The van der Waals surface area contributed by atoms with Gasteiger partial charge in [0.15, 0.2) is 0 Å². The monoisotopic (exact) mass is 325 g/mol. The molecular weight excluding hydrogens is 298 g/mol. The lowest BCUT2D eigenvalue weighted by Gasteiger charge is -2.43. The summed E-state index contributed by atoms with van der Waals surface area (Å²) < 4.78 is 0.963. The molecule has 1 nitrogen and oxygen atoms in total. The third-order valence-electron chi connectivity index (χ3n) is 5.38. The van der Waals surface area contributed by atoms with E-state index in [0.717, 1.165) is 10.3 Å². The molecule has 3 unspecified atom stereocenters. The SMILES string of the molecule is CC(C)(C)C1CCCCC1NC1CCCc2sc(Cl)cc21. The Labute approximate surface area is 138 Å². The van der Waals surface area contributed by atoms with Crippen molar-refractivity contribution in [3.63, 3.8) is 0 Å². The summed E-state index contributed by atoms with van der Waals surface area (Å²) in [5, 5.41) is 4.03. The molecule has 2 aliphatic carbocycles. The van der Waals surface area contributed by atoms with Gasteiger partial charge in [0.2, 0.25) is 0 Å². The first kappa shape index (κ1) is 15.8. The maximum Gasteiger partial charge on any atom is 0.0934 e. The van der Waals surface area contributed by atoms with Gasteiger partial charge in [-0.3, -0.25) is 0 Å². The standard InChI is InChI=1S/C18H28ClNS/c1-18(2,3)13-7-4-5-8-15(13)20-14-9-6-10-16-12(14)11-17(19)21-16/h11,13-15,20H,4-10H2,1-3H3. The molecule has 0 saturated heterocycles. The zero-order valence-corrected chi connectivity index (χ0v) is 15.1. The van der Waals surface area contributed by atoms with Crippen LogP contribution in [0.4, 0.5) is 0 Å². The third kappa shape index (κ3) is 3.48. The van der Waals surface area contributed by atoms with Gasteiger partial charge in [-0.25, -0.2) is 0 Å². The molecule has 1 aromatic heterocycles. The van der Waals surface area contributed by atoms with Crippen molar-refractivity contribution >= 4 is 22.9 Å². The van der Waals surface area contributed by atoms with Crippen molar-refractivity contribution in [2.24, 2.45) is 11.3 Å². The largest absolute Gasteiger partial charge is 0.307 e. The highest BCUT2D eigenvalue weighted by molar-refractivity contribution is 7.16. The second-order valence-corrected chi connectivity index (χ2v) is 9.67. The molecule has 3 atom stereocenters. The molecule has 0 spiro atoms. The smallest absolute Gasteiger partial charge is 0.0934 e. The summed E-state index contributed by atoms with van der Waals surface area (Å²) in [6, 6.07) is 3.42. The van der Waals surface area contributed by atoms with Gasteiger partial charge in [-0.15, -0.1) is 11.3 Å². The fourth-order valence-electron chi connectivity index (χ4n) is 4.32. The highest BCUT2D eigenvalue weighted by atomic mass is 35.5. The van der Waals surface area contributed by atoms with Gasteiger partial charge in [-0.1, -0.05) is 45.2 Å². The highest BCUT2D eigenvalue weighted by Gasteiger charge is 2.36. The molecule has 1 heterocycles. The Balaban J connectivity index is 1.76. The average Bonchev–Trinajstić information content (AvgIpc) is 2.79. The average molecular weight is 326 g/mol. The van der Waals surface area contributed by atoms with Crippen molar-refractivity contribution in [3.8, 4) is 0 Å². The van der Waals surface area contributed by atoms with Crippen LogP contribution < -0.4 is 5.32 Å². The van der Waals surface area contributed by atoms with E-state index in [9.17, 15) is 0 Å². The third-order valence-corrected chi connectivity index (χ3v) is 6.72. The van der Waals surface area contributed by atoms with Crippen LogP contribution in [0.25, 0.3) is 0 Å². The van der Waals surface area contributed by atoms with E-state index in [0.29, 0.717) is 17.5 Å². The number of thiophene rings is 1. The molecule has 0 bridgehead atoms. The van der Waals surface area contributed by atoms with Crippen molar-refractivity contribution in [1.29, 1.82) is 0 Å². The topological polar surface area (TPSA) is 12.0 Å². The summed E-state index contributed by atoms with van der Waals surface area (Å²) >= 11 is 8.04. The van der Waals surface area contributed by atoms with Crippen molar-refractivity contribution in [2.45, 2.75) is 77.8 Å². The van der Waals surface area contributed by atoms with Gasteiger partial charge >= 0.3 is 0 Å². The Hall–Kier alpha value is -0.0500. The number of hydrogen-bond donors (Lipinski definition) is 1. The Bertz CT molecular complexity index is 488. The van der Waals surface area contributed by atoms with E-state index in [1.807, 2.05) is 0 Å². The van der Waals surface area contributed by atoms with Gasteiger partial charge in [0.25, 0.3) is 0 Å². The van der Waals surface area contributed by atoms with E-state index in [2.05, 4.69) is 32.2 Å². The lowest BCUT2D eigenvalue weighted by atomic mass is 9.69. The fraction of sp³-hybridized carbons (Fsp3) is 0.778. The van der Waals surface area contributed by atoms with E-state index in [1.54, 1.807) is 11.3 Å². The molecule has 0 aromatic carbocycles. The Morgan fingerprint density at radius 3 is 2.67 bits per heavy atom. The van der Waals surface area contributed by atoms with Crippen molar-refractivity contribution in [2.75, 3.05) is 0 Å². The predicted octanol–water partition coefficient (Wildman–Crippen LogP) is 5.97. The Morgan fingerprint density at radius 2 is 1.90 bits per heavy atom. The summed E-state index contributed by atoms with van der Waals surface area (Å²) in [4.78, 5) is 1.52. The Morgan fingerprint density at radius 1 is 1.14 bits per heavy atom. The maximum atomic E-state index is 6.25. The normalized spacial score (nSPS) is 30.2. The maximum absolute atomic E-state index is 6.25. The number of halogens is 1. The van der Waals surface area contributed by atoms with Gasteiger partial charge < -0.3 is 5.32 Å². The van der Waals surface area contributed by atoms with Crippen LogP contribution in [0.15, 0.2) is 6.07 Å². The van der Waals surface area contributed by atoms with Crippen LogP contribution in [-0.4, -0.2) is 6.04 Å². The van der Waals surface area contributed by atoms with Gasteiger partial charge in [-0.2, -0.15) is 0 Å². The first-order chi connectivity index (χ1) is 9.95. The van der Waals surface area contributed by atoms with Crippen LogP contribution in [0.1, 0.15) is 75.8 Å². The zero-order chi connectivity index (χ0) is 15.0. The summed E-state index contributed by atoms with van der Waals surface area (Å²) in [7, 11) is 0. The van der Waals surface area contributed by atoms with E-state index >= 15 is 0 Å². The number of fused-ring (bicyclic) bond motifs is 1. The number of hydrogen-bond acceptors (Lipinski definition) is 2. The van der Waals surface area contributed by atoms with E-state index in [1.165, 1.54) is 55.4 Å². The summed E-state index contributed by atoms with van der Waals surface area (Å²) in [5.41, 5.74) is 1.90. The molecule has 1 fully saturated rings. The van der Waals surface area contributed by atoms with Crippen LogP contribution in [0.2, 0.25) is 4.34 Å². The molecule has 1 N–H and O–H groups in total. The van der Waals surface area contributed by atoms with Gasteiger partial charge in [0.05, 0.1) is 4.34 Å². The van der Waals surface area contributed by atoms with E-state index in [4.69, 9.17) is 11.6 Å². The molecule has 2 aliphatic rings. The quantitative estimate of drug-likeness (QED) is 0.706. The lowest BCUT2D eigenvalue weighted by molar-refractivity contribution is 0.121. The summed E-state index contributed by atoms with van der Waals surface area (Å²) in [6.07, 6.45) is 9.30. The summed E-state index contributed by atoms with van der Waals surface area (Å²) in [5.74, 6) is 0.797. The minimum atomic E-state index is 0.405. The molecular formula is C18H28ClNS. The first-order valence-electron chi connectivity index (χ1n) is 8.49. The van der Waals surface area contributed by atoms with Gasteiger partial charge in [-0.05, 0) is 55.1 Å². The fourth-order valence-corrected chi connectivity index (χ4v) is 5.70. The zero-order valence-electron chi connectivity index (χ0n) is 13.5. The van der Waals surface area contributed by atoms with Gasteiger partial charge in [0, 0.05) is 17.0 Å². The van der Waals surface area contributed by atoms with E-state index < -0.39 is 0 Å². The highest BCUT2D eigenvalue weighted by Crippen LogP contribution is 2.42. The number of rotatable bonds is 2. The summed E-state index contributed by atoms with van der Waals surface area (Å²) in [6.45, 7) is 7.22. The molecule has 0 amide bonds. The molecule has 3 heteroatoms. The molecule has 21 heavy (non-hydrogen) atoms. The van der Waals surface area contributed by atoms with Gasteiger partial charge in [0.1, 0.15) is 0 Å². The molecule has 1 aromatic rings. The van der Waals surface area contributed by atoms with Crippen molar-refractivity contribution in [1.82, 2.24) is 5.32 Å². The van der Waals surface area contributed by atoms with Crippen LogP contribution in [0.5, 0.6) is 0 Å². The predicted molar refractivity (Wildman–Crippen MR) is 93.3 cm³/mol. The molecule has 0 radical (unpaired) electrons. The van der Waals surface area contributed by atoms with Crippen LogP contribution in [0.3, 0.4) is 0 Å². The minimum absolute atomic E-state index is 0.405. The van der Waals surface area contributed by atoms with Crippen molar-refractivity contribution < 1.29 is 0 Å². The first-order valence-corrected chi connectivity index (χ1v) is 9.69. The molecule has 0 aliphatic heterocycles. The second-order valence-electron chi connectivity index (χ2n) is 7.90. The van der Waals surface area contributed by atoms with Crippen LogP contribution >= 0.6 is 22.9 Å². The van der Waals surface area contributed by atoms with Crippen LogP contribution in [-0.2, 0) is 6.42 Å². The minimum Gasteiger partial charge on any atom is -0.307 e. The Kier molecular flexibility index (Phi) is 4.69. The molecule has 3 rings (SSSR count). The number of nitrogens with one attached hydrogen (secondary N) is 1. The molecule has 1 saturated carbocycles. The van der Waals surface area contributed by atoms with Crippen molar-refractivity contribution in [3.05, 3.63) is 20.8 Å². The van der Waals surface area contributed by atoms with E-state index in [-0.39, 0.29) is 0 Å². The molecule has 118 valence electrons. The van der Waals surface area contributed by atoms with Crippen LogP contribution in [0, 0.1) is 11.3 Å². The lowest BCUT2D eigenvalue weighted by Crippen LogP contribution is -2.46. The number of aryl methyl sites for hydroxylation is 1.